The number of benzene rings is 1. The van der Waals surface area contributed by atoms with Crippen molar-refractivity contribution >= 4 is 22.5 Å². The number of carbonyl (C=O) groups excluding carboxylic acids is 1. The summed E-state index contributed by atoms with van der Waals surface area (Å²) >= 11 is 0. The van der Waals surface area contributed by atoms with Gasteiger partial charge in [-0.3, -0.25) is 9.59 Å². The Kier molecular flexibility index (Phi) is 4.85. The van der Waals surface area contributed by atoms with E-state index in [-0.39, 0.29) is 11.5 Å². The molecule has 2 aromatic heterocycles. The fourth-order valence-corrected chi connectivity index (χ4v) is 2.99. The van der Waals surface area contributed by atoms with Crippen LogP contribution in [0.2, 0.25) is 0 Å². The Bertz CT molecular complexity index is 971. The van der Waals surface area contributed by atoms with Gasteiger partial charge in [-0.25, -0.2) is 4.52 Å². The molecule has 25 heavy (non-hydrogen) atoms. The summed E-state index contributed by atoms with van der Waals surface area (Å²) in [5.41, 5.74) is 2.54. The summed E-state index contributed by atoms with van der Waals surface area (Å²) in [6.07, 6.45) is 2.47. The van der Waals surface area contributed by atoms with Crippen LogP contribution in [0.4, 0.5) is 0 Å². The van der Waals surface area contributed by atoms with Crippen LogP contribution in [-0.4, -0.2) is 52.2 Å². The Morgan fingerprint density at radius 1 is 1.20 bits per heavy atom. The summed E-state index contributed by atoms with van der Waals surface area (Å²) in [6.45, 7) is 3.91. The highest BCUT2D eigenvalue weighted by molar-refractivity contribution is 5.97. The largest absolute Gasteiger partial charge is 0.352 e. The van der Waals surface area contributed by atoms with Crippen LogP contribution in [0.15, 0.2) is 35.3 Å². The van der Waals surface area contributed by atoms with Crippen molar-refractivity contribution in [3.8, 4) is 0 Å². The molecule has 7 heteroatoms. The van der Waals surface area contributed by atoms with Crippen molar-refractivity contribution in [2.75, 3.05) is 27.2 Å². The Balaban J connectivity index is 2.17. The Hall–Kier alpha value is -2.67. The lowest BCUT2D eigenvalue weighted by Gasteiger charge is -2.15. The molecule has 0 spiro atoms. The number of aromatic nitrogens is 3. The van der Waals surface area contributed by atoms with Gasteiger partial charge in [-0.05, 0) is 58.3 Å². The highest BCUT2D eigenvalue weighted by Crippen LogP contribution is 2.17. The molecule has 0 radical (unpaired) electrons. The Morgan fingerprint density at radius 2 is 2.00 bits per heavy atom. The van der Waals surface area contributed by atoms with E-state index in [1.807, 2.05) is 27.1 Å². The average molecular weight is 341 g/mol. The molecule has 0 aliphatic rings. The van der Waals surface area contributed by atoms with Crippen LogP contribution in [0.25, 0.3) is 16.6 Å². The third kappa shape index (κ3) is 3.28. The summed E-state index contributed by atoms with van der Waals surface area (Å²) < 4.78 is 3.39. The van der Waals surface area contributed by atoms with E-state index in [1.165, 1.54) is 0 Å². The highest BCUT2D eigenvalue weighted by Gasteiger charge is 2.14. The maximum atomic E-state index is 12.9. The van der Waals surface area contributed by atoms with Gasteiger partial charge >= 0.3 is 0 Å². The molecule has 1 N–H and O–H groups in total. The maximum absolute atomic E-state index is 12.9. The van der Waals surface area contributed by atoms with Gasteiger partial charge in [-0.15, -0.1) is 0 Å². The number of carbonyl (C=O) groups is 1. The molecule has 0 saturated heterocycles. The summed E-state index contributed by atoms with van der Waals surface area (Å²) in [7, 11) is 4.02. The monoisotopic (exact) mass is 341 g/mol. The average Bonchev–Trinajstić information content (AvgIpc) is 3.07. The molecule has 0 atom stereocenters. The van der Waals surface area contributed by atoms with Crippen LogP contribution < -0.4 is 10.9 Å². The van der Waals surface area contributed by atoms with Crippen LogP contribution in [-0.2, 0) is 6.54 Å². The standard InChI is InChI=1S/C18H23N5O2/c1-4-19-17(24)13-6-7-14-16(12-13)22(11-5-10-21(2)3)18(25)15-8-9-20-23(14)15/h6-9,12H,4-5,10-11H2,1-3H3,(H,19,24). The van der Waals surface area contributed by atoms with Crippen molar-refractivity contribution in [2.45, 2.75) is 19.9 Å². The zero-order valence-corrected chi connectivity index (χ0v) is 14.8. The lowest BCUT2D eigenvalue weighted by Crippen LogP contribution is -2.26. The lowest BCUT2D eigenvalue weighted by molar-refractivity contribution is 0.0956. The number of aryl methyl sites for hydroxylation is 1. The number of nitrogens with one attached hydrogen (secondary N) is 1. The first-order chi connectivity index (χ1) is 12.0. The van der Waals surface area contributed by atoms with Crippen molar-refractivity contribution in [3.63, 3.8) is 0 Å². The molecule has 2 heterocycles. The van der Waals surface area contributed by atoms with Gasteiger partial charge in [0.2, 0.25) is 0 Å². The maximum Gasteiger partial charge on any atom is 0.277 e. The molecule has 0 saturated carbocycles. The summed E-state index contributed by atoms with van der Waals surface area (Å²) in [4.78, 5) is 27.1. The first-order valence-electron chi connectivity index (χ1n) is 8.46. The van der Waals surface area contributed by atoms with Gasteiger partial charge in [0.05, 0.1) is 17.2 Å². The molecule has 1 amide bonds. The second-order valence-corrected chi connectivity index (χ2v) is 6.30. The SMILES string of the molecule is CCNC(=O)c1ccc2c(c1)n(CCCN(C)C)c(=O)c1ccnn12. The van der Waals surface area contributed by atoms with E-state index in [0.29, 0.717) is 24.2 Å². The number of hydrogen-bond donors (Lipinski definition) is 1. The van der Waals surface area contributed by atoms with Crippen LogP contribution in [0.1, 0.15) is 23.7 Å². The third-order valence-electron chi connectivity index (χ3n) is 4.19. The molecule has 0 unspecified atom stereocenters. The molecular weight excluding hydrogens is 318 g/mol. The second-order valence-electron chi connectivity index (χ2n) is 6.30. The molecule has 0 fully saturated rings. The van der Waals surface area contributed by atoms with Crippen LogP contribution in [0, 0.1) is 0 Å². The minimum Gasteiger partial charge on any atom is -0.352 e. The molecule has 0 aliphatic heterocycles. The summed E-state index contributed by atoms with van der Waals surface area (Å²) in [6, 6.07) is 7.12. The predicted octanol–water partition coefficient (Wildman–Crippen LogP) is 1.35. The van der Waals surface area contributed by atoms with Crippen molar-refractivity contribution in [3.05, 3.63) is 46.4 Å². The van der Waals surface area contributed by atoms with Crippen LogP contribution >= 0.6 is 0 Å². The first kappa shape index (κ1) is 17.2. The van der Waals surface area contributed by atoms with Crippen molar-refractivity contribution in [1.82, 2.24) is 24.4 Å². The molecule has 0 bridgehead atoms. The van der Waals surface area contributed by atoms with Gasteiger partial charge < -0.3 is 14.8 Å². The Morgan fingerprint density at radius 3 is 2.72 bits per heavy atom. The molecule has 132 valence electrons. The fraction of sp³-hybridized carbons (Fsp3) is 0.389. The van der Waals surface area contributed by atoms with E-state index in [0.717, 1.165) is 24.0 Å². The van der Waals surface area contributed by atoms with Gasteiger partial charge in [-0.2, -0.15) is 5.10 Å². The first-order valence-corrected chi connectivity index (χ1v) is 8.46. The topological polar surface area (TPSA) is 71.6 Å². The minimum atomic E-state index is -0.141. The van der Waals surface area contributed by atoms with E-state index in [4.69, 9.17) is 0 Å². The fourth-order valence-electron chi connectivity index (χ4n) is 2.99. The number of fused-ring (bicyclic) bond motifs is 3. The second kappa shape index (κ2) is 7.06. The van der Waals surface area contributed by atoms with Gasteiger partial charge in [0.1, 0.15) is 5.52 Å². The van der Waals surface area contributed by atoms with Crippen LogP contribution in [0.5, 0.6) is 0 Å². The van der Waals surface area contributed by atoms with Gasteiger partial charge in [0.15, 0.2) is 0 Å². The molecule has 3 aromatic rings. The molecule has 0 aliphatic carbocycles. The summed E-state index contributed by atoms with van der Waals surface area (Å²) in [5, 5.41) is 7.06. The van der Waals surface area contributed by atoms with E-state index in [9.17, 15) is 9.59 Å². The van der Waals surface area contributed by atoms with Crippen molar-refractivity contribution in [1.29, 1.82) is 0 Å². The van der Waals surface area contributed by atoms with Gasteiger partial charge in [0, 0.05) is 18.7 Å². The number of hydrogen-bond acceptors (Lipinski definition) is 4. The third-order valence-corrected chi connectivity index (χ3v) is 4.19. The summed E-state index contributed by atoms with van der Waals surface area (Å²) in [5.74, 6) is -0.141. The van der Waals surface area contributed by atoms with Crippen molar-refractivity contribution in [2.24, 2.45) is 0 Å². The quantitative estimate of drug-likeness (QED) is 0.735. The molecular formula is C18H23N5O2. The zero-order valence-electron chi connectivity index (χ0n) is 14.8. The molecule has 1 aromatic carbocycles. The lowest BCUT2D eigenvalue weighted by atomic mass is 10.1. The van der Waals surface area contributed by atoms with E-state index < -0.39 is 0 Å². The Labute approximate surface area is 145 Å². The predicted molar refractivity (Wildman–Crippen MR) is 98.1 cm³/mol. The minimum absolute atomic E-state index is 0.0863. The van der Waals surface area contributed by atoms with E-state index in [1.54, 1.807) is 33.5 Å². The zero-order chi connectivity index (χ0) is 18.0. The van der Waals surface area contributed by atoms with Crippen LogP contribution in [0.3, 0.4) is 0 Å². The number of amides is 1. The molecule has 7 nitrogen and oxygen atoms in total. The number of rotatable bonds is 6. The molecule has 3 rings (SSSR count). The van der Waals surface area contributed by atoms with E-state index >= 15 is 0 Å². The van der Waals surface area contributed by atoms with Gasteiger partial charge in [0.25, 0.3) is 11.5 Å². The highest BCUT2D eigenvalue weighted by atomic mass is 16.1. The van der Waals surface area contributed by atoms with Crippen molar-refractivity contribution < 1.29 is 4.79 Å². The van der Waals surface area contributed by atoms with E-state index in [2.05, 4.69) is 15.3 Å². The number of nitrogens with zero attached hydrogens (tertiary/aromatic N) is 4. The van der Waals surface area contributed by atoms with Gasteiger partial charge in [-0.1, -0.05) is 0 Å². The smallest absolute Gasteiger partial charge is 0.277 e. The normalized spacial score (nSPS) is 11.5.